The van der Waals surface area contributed by atoms with Gasteiger partial charge in [-0.1, -0.05) is 13.8 Å². The lowest BCUT2D eigenvalue weighted by molar-refractivity contribution is 1.50. The van der Waals surface area contributed by atoms with Gasteiger partial charge in [-0.2, -0.15) is 0 Å². The average molecular weight is 164 g/mol. The molecule has 4 heteroatoms. The highest BCUT2D eigenvalue weighted by Crippen LogP contribution is 2.31. The van der Waals surface area contributed by atoms with E-state index in [1.807, 2.05) is 13.8 Å². The second kappa shape index (κ2) is 9.44. The average Bonchev–Trinajstić information content (AvgIpc) is 1.41. The van der Waals surface area contributed by atoms with Gasteiger partial charge in [-0.05, 0) is 0 Å². The minimum absolute atomic E-state index is 1.09. The lowest BCUT2D eigenvalue weighted by Crippen LogP contribution is -0.922. The molecule has 0 aromatic heterocycles. The Kier molecular flexibility index (Phi) is 16.0. The summed E-state index contributed by atoms with van der Waals surface area (Å²) in [5.74, 6) is 0. The Morgan fingerprint density at radius 3 is 1.33 bits per heavy atom. The van der Waals surface area contributed by atoms with Gasteiger partial charge in [0.05, 0.1) is 0 Å². The Morgan fingerprint density at radius 2 is 1.33 bits per heavy atom. The third-order valence-corrected chi connectivity index (χ3v) is 0. The van der Waals surface area contributed by atoms with Crippen LogP contribution < -0.4 is 0 Å². The van der Waals surface area contributed by atoms with Gasteiger partial charge in [-0.15, -0.1) is 0 Å². The topological polar surface area (TPSA) is 0 Å². The quantitative estimate of drug-likeness (QED) is 0.495. The molecule has 0 saturated heterocycles. The summed E-state index contributed by atoms with van der Waals surface area (Å²) in [5.41, 5.74) is 0. The number of halogens is 2. The highest BCUT2D eigenvalue weighted by atomic mass is 35.9. The molecule has 38 valence electrons. The molecular weight excluding hydrogens is 158 g/mol. The maximum atomic E-state index is 4.92. The molecular formula is C2H6Cl2PS+. The summed E-state index contributed by atoms with van der Waals surface area (Å²) in [6.45, 7) is 4.00. The van der Waals surface area contributed by atoms with Crippen LogP contribution in [0.5, 0.6) is 0 Å². The van der Waals surface area contributed by atoms with Crippen molar-refractivity contribution in [3.8, 4) is 0 Å². The van der Waals surface area contributed by atoms with E-state index in [-0.39, 0.29) is 0 Å². The Hall–Kier alpha value is 1.10. The van der Waals surface area contributed by atoms with Crippen LogP contribution in [-0.4, -0.2) is 0 Å². The molecule has 0 atom stereocenters. The van der Waals surface area contributed by atoms with Crippen molar-refractivity contribution in [2.45, 2.75) is 13.8 Å². The van der Waals surface area contributed by atoms with Gasteiger partial charge in [-0.3, -0.25) is 0 Å². The van der Waals surface area contributed by atoms with E-state index in [9.17, 15) is 0 Å². The third-order valence-electron chi connectivity index (χ3n) is 0. The Bertz CT molecular complexity index is 34.5. The van der Waals surface area contributed by atoms with Gasteiger partial charge >= 0.3 is 5.40 Å². The molecule has 0 amide bonds. The van der Waals surface area contributed by atoms with Gasteiger partial charge in [0, 0.05) is 0 Å². The highest BCUT2D eigenvalue weighted by Gasteiger charge is 1.89. The highest BCUT2D eigenvalue weighted by molar-refractivity contribution is 8.29. The summed E-state index contributed by atoms with van der Waals surface area (Å²) in [6.07, 6.45) is 0. The zero-order chi connectivity index (χ0) is 5.58. The van der Waals surface area contributed by atoms with E-state index in [2.05, 4.69) is 11.8 Å². The van der Waals surface area contributed by atoms with E-state index >= 15 is 0 Å². The molecule has 0 saturated carbocycles. The molecule has 0 rings (SSSR count). The van der Waals surface area contributed by atoms with Gasteiger partial charge in [0.15, 0.2) is 22.5 Å². The first kappa shape index (κ1) is 10.2. The molecule has 6 heavy (non-hydrogen) atoms. The zero-order valence-corrected chi connectivity index (χ0v) is 6.83. The lowest BCUT2D eigenvalue weighted by atomic mass is 11.0. The number of hydrogen-bond acceptors (Lipinski definition) is 1. The van der Waals surface area contributed by atoms with Crippen molar-refractivity contribution in [3.63, 3.8) is 0 Å². The third kappa shape index (κ3) is 70.9. The zero-order valence-electron chi connectivity index (χ0n) is 3.61. The molecule has 0 radical (unpaired) electrons. The summed E-state index contributed by atoms with van der Waals surface area (Å²) >= 11 is 14.1. The fourth-order valence-electron chi connectivity index (χ4n) is 0. The molecule has 0 aromatic rings. The van der Waals surface area contributed by atoms with Gasteiger partial charge in [-0.25, -0.2) is 0 Å². The fourth-order valence-corrected chi connectivity index (χ4v) is 0. The summed E-state index contributed by atoms with van der Waals surface area (Å²) in [7, 11) is 0. The Balaban J connectivity index is 0. The van der Waals surface area contributed by atoms with Crippen LogP contribution in [0.3, 0.4) is 0 Å². The normalized spacial score (nSPS) is 5.33. The van der Waals surface area contributed by atoms with Crippen LogP contribution in [0.1, 0.15) is 13.8 Å². The monoisotopic (exact) mass is 163 g/mol. The van der Waals surface area contributed by atoms with Gasteiger partial charge < -0.3 is 0 Å². The lowest BCUT2D eigenvalue weighted by Gasteiger charge is -1.28. The van der Waals surface area contributed by atoms with E-state index in [0.29, 0.717) is 0 Å². The molecule has 0 heterocycles. The Labute approximate surface area is 53.8 Å². The first-order valence-corrected chi connectivity index (χ1v) is 5.69. The molecule has 0 N–H and O–H groups in total. The van der Waals surface area contributed by atoms with Crippen LogP contribution in [0.25, 0.3) is 0 Å². The summed E-state index contributed by atoms with van der Waals surface area (Å²) < 4.78 is 0. The molecule has 0 nitrogen and oxygen atoms in total. The second-order valence-electron chi connectivity index (χ2n) is 0.202. The molecule has 0 spiro atoms. The molecule has 0 aliphatic heterocycles. The predicted molar refractivity (Wildman–Crippen MR) is 37.3 cm³/mol. The van der Waals surface area contributed by atoms with E-state index < -0.39 is 5.40 Å². The largest absolute Gasteiger partial charge is 0.407 e. The summed E-state index contributed by atoms with van der Waals surface area (Å²) in [5, 5.41) is -1.09. The van der Waals surface area contributed by atoms with Crippen molar-refractivity contribution in [2.24, 2.45) is 0 Å². The van der Waals surface area contributed by atoms with Gasteiger partial charge in [0.1, 0.15) is 0 Å². The smallest absolute Gasteiger partial charge is 0.0683 e. The Morgan fingerprint density at radius 1 is 1.33 bits per heavy atom. The van der Waals surface area contributed by atoms with E-state index in [4.69, 9.17) is 22.5 Å². The van der Waals surface area contributed by atoms with E-state index in [1.54, 1.807) is 0 Å². The SMILES string of the molecule is CC.S=[P+](Cl)Cl. The minimum Gasteiger partial charge on any atom is -0.0683 e. The van der Waals surface area contributed by atoms with Crippen molar-refractivity contribution in [3.05, 3.63) is 0 Å². The first-order valence-electron chi connectivity index (χ1n) is 1.52. The van der Waals surface area contributed by atoms with E-state index in [1.165, 1.54) is 0 Å². The van der Waals surface area contributed by atoms with Crippen molar-refractivity contribution >= 4 is 39.7 Å². The van der Waals surface area contributed by atoms with Crippen LogP contribution in [0.15, 0.2) is 0 Å². The summed E-state index contributed by atoms with van der Waals surface area (Å²) in [6, 6.07) is 0. The maximum Gasteiger partial charge on any atom is 0.407 e. The summed E-state index contributed by atoms with van der Waals surface area (Å²) in [4.78, 5) is 0. The molecule has 0 unspecified atom stereocenters. The molecule has 0 aliphatic carbocycles. The first-order chi connectivity index (χ1) is 2.73. The molecule has 0 fully saturated rings. The minimum atomic E-state index is -1.09. The van der Waals surface area contributed by atoms with Gasteiger partial charge in [0.25, 0.3) is 0 Å². The number of rotatable bonds is 0. The van der Waals surface area contributed by atoms with Crippen molar-refractivity contribution in [1.82, 2.24) is 0 Å². The van der Waals surface area contributed by atoms with Crippen LogP contribution in [0, 0.1) is 0 Å². The second-order valence-corrected chi connectivity index (χ2v) is 5.45. The van der Waals surface area contributed by atoms with Crippen molar-refractivity contribution in [2.75, 3.05) is 0 Å². The van der Waals surface area contributed by atoms with Crippen LogP contribution in [-0.2, 0) is 11.8 Å². The molecule has 0 aromatic carbocycles. The van der Waals surface area contributed by atoms with Crippen LogP contribution in [0.2, 0.25) is 0 Å². The fraction of sp³-hybridized carbons (Fsp3) is 1.00. The van der Waals surface area contributed by atoms with Gasteiger partial charge in [0.2, 0.25) is 11.8 Å². The van der Waals surface area contributed by atoms with E-state index in [0.717, 1.165) is 0 Å². The molecule has 0 aliphatic rings. The predicted octanol–water partition coefficient (Wildman–Crippen LogP) is 3.26. The standard InChI is InChI=1S/C2H6.Cl2PS/c1-2;1-3(2)4/h1-2H3;/q;+1. The maximum absolute atomic E-state index is 4.92. The number of hydrogen-bond donors (Lipinski definition) is 0. The van der Waals surface area contributed by atoms with Crippen molar-refractivity contribution < 1.29 is 0 Å². The van der Waals surface area contributed by atoms with Crippen molar-refractivity contribution in [1.29, 1.82) is 0 Å². The van der Waals surface area contributed by atoms with Crippen LogP contribution in [0.4, 0.5) is 0 Å². The van der Waals surface area contributed by atoms with Crippen LogP contribution >= 0.6 is 27.9 Å². The molecule has 0 bridgehead atoms.